The fraction of sp³-hybridized carbons (Fsp3) is 0.250. The van der Waals surface area contributed by atoms with Gasteiger partial charge < -0.3 is 4.29 Å². The highest BCUT2D eigenvalue weighted by molar-refractivity contribution is 6.14. The molecule has 0 aromatic heterocycles. The molecule has 0 bridgehead atoms. The molecule has 0 rings (SSSR count). The maximum atomic E-state index is 9.97. The van der Waals surface area contributed by atoms with Crippen LogP contribution >= 0.6 is 11.9 Å². The summed E-state index contributed by atoms with van der Waals surface area (Å²) in [5.41, 5.74) is 0. The molecule has 0 aromatic carbocycles. The van der Waals surface area contributed by atoms with Gasteiger partial charge in [-0.2, -0.15) is 0 Å². The standard InChI is InChI=1S/C4H5ClO2/c1-2-3-4(6)7-5/h2-3H,1H3/b3-2+. The molecule has 0 atom stereocenters. The van der Waals surface area contributed by atoms with Crippen molar-refractivity contribution in [1.82, 2.24) is 0 Å². The molecule has 0 amide bonds. The lowest BCUT2D eigenvalue weighted by Crippen LogP contribution is -1.87. The molecule has 40 valence electrons. The van der Waals surface area contributed by atoms with Crippen molar-refractivity contribution in [3.8, 4) is 0 Å². The summed E-state index contributed by atoms with van der Waals surface area (Å²) in [5, 5.41) is 0. The van der Waals surface area contributed by atoms with Crippen LogP contribution in [-0.4, -0.2) is 5.97 Å². The molecule has 0 aliphatic heterocycles. The molecule has 0 heterocycles. The van der Waals surface area contributed by atoms with Gasteiger partial charge in [0.25, 0.3) is 0 Å². The van der Waals surface area contributed by atoms with E-state index in [1.807, 2.05) is 0 Å². The predicted molar refractivity (Wildman–Crippen MR) is 26.8 cm³/mol. The van der Waals surface area contributed by atoms with Crippen molar-refractivity contribution in [2.24, 2.45) is 0 Å². The summed E-state index contributed by atoms with van der Waals surface area (Å²) >= 11 is 4.63. The highest BCUT2D eigenvalue weighted by atomic mass is 35.5. The third kappa shape index (κ3) is 3.33. The van der Waals surface area contributed by atoms with E-state index in [0.29, 0.717) is 0 Å². The van der Waals surface area contributed by atoms with Crippen LogP contribution in [0.3, 0.4) is 0 Å². The molecule has 2 nitrogen and oxygen atoms in total. The summed E-state index contributed by atoms with van der Waals surface area (Å²) in [6.45, 7) is 1.70. The summed E-state index contributed by atoms with van der Waals surface area (Å²) in [4.78, 5) is 9.97. The van der Waals surface area contributed by atoms with Crippen LogP contribution in [0.15, 0.2) is 12.2 Å². The second-order valence-corrected chi connectivity index (χ2v) is 1.05. The van der Waals surface area contributed by atoms with Crippen molar-refractivity contribution in [2.75, 3.05) is 0 Å². The van der Waals surface area contributed by atoms with E-state index in [-0.39, 0.29) is 0 Å². The van der Waals surface area contributed by atoms with Crippen LogP contribution in [-0.2, 0) is 9.08 Å². The van der Waals surface area contributed by atoms with E-state index in [4.69, 9.17) is 0 Å². The monoisotopic (exact) mass is 120 g/mol. The summed E-state index contributed by atoms with van der Waals surface area (Å²) in [5.74, 6) is -0.538. The summed E-state index contributed by atoms with van der Waals surface area (Å²) in [6, 6.07) is 0. The molecule has 7 heavy (non-hydrogen) atoms. The largest absolute Gasteiger partial charge is 0.348 e. The number of carbonyl (C=O) groups excluding carboxylic acids is 1. The normalized spacial score (nSPS) is 9.43. The van der Waals surface area contributed by atoms with Gasteiger partial charge in [-0.05, 0) is 6.92 Å². The first-order chi connectivity index (χ1) is 3.31. The lowest BCUT2D eigenvalue weighted by Gasteiger charge is -1.79. The first-order valence-corrected chi connectivity index (χ1v) is 2.07. The second kappa shape index (κ2) is 3.68. The van der Waals surface area contributed by atoms with E-state index in [9.17, 15) is 4.79 Å². The van der Waals surface area contributed by atoms with E-state index in [1.54, 1.807) is 13.0 Å². The molecule has 0 N–H and O–H groups in total. The minimum Gasteiger partial charge on any atom is -0.344 e. The Bertz CT molecular complexity index is 87.7. The molecule has 0 aliphatic carbocycles. The minimum absolute atomic E-state index is 0.538. The average molecular weight is 121 g/mol. The Balaban J connectivity index is 3.37. The van der Waals surface area contributed by atoms with Gasteiger partial charge in [-0.1, -0.05) is 6.08 Å². The van der Waals surface area contributed by atoms with Crippen LogP contribution in [0.4, 0.5) is 0 Å². The predicted octanol–water partition coefficient (Wildman–Crippen LogP) is 1.26. The van der Waals surface area contributed by atoms with Gasteiger partial charge in [0.05, 0.1) is 0 Å². The molecule has 0 unspecified atom stereocenters. The number of hydrogen-bond donors (Lipinski definition) is 0. The molecule has 0 saturated carbocycles. The van der Waals surface area contributed by atoms with Crippen LogP contribution in [0.5, 0.6) is 0 Å². The zero-order valence-corrected chi connectivity index (χ0v) is 4.61. The Morgan fingerprint density at radius 3 is 2.57 bits per heavy atom. The van der Waals surface area contributed by atoms with Gasteiger partial charge >= 0.3 is 5.97 Å². The number of carbonyl (C=O) groups is 1. The topological polar surface area (TPSA) is 26.3 Å². The van der Waals surface area contributed by atoms with Gasteiger partial charge in [-0.25, -0.2) is 4.79 Å². The van der Waals surface area contributed by atoms with Gasteiger partial charge in [-0.3, -0.25) is 0 Å². The van der Waals surface area contributed by atoms with Crippen molar-refractivity contribution >= 4 is 17.8 Å². The van der Waals surface area contributed by atoms with E-state index in [1.165, 1.54) is 6.08 Å². The average Bonchev–Trinajstić information content (AvgIpc) is 1.68. The lowest BCUT2D eigenvalue weighted by atomic mass is 10.5. The van der Waals surface area contributed by atoms with Gasteiger partial charge in [-0.15, -0.1) is 0 Å². The molecule has 0 saturated heterocycles. The SMILES string of the molecule is C/C=C/C(=O)OCl. The van der Waals surface area contributed by atoms with Crippen molar-refractivity contribution in [2.45, 2.75) is 6.92 Å². The summed E-state index contributed by atoms with van der Waals surface area (Å²) in [6.07, 6.45) is 2.78. The smallest absolute Gasteiger partial charge is 0.344 e. The van der Waals surface area contributed by atoms with Gasteiger partial charge in [0.1, 0.15) is 11.9 Å². The van der Waals surface area contributed by atoms with Crippen molar-refractivity contribution in [3.63, 3.8) is 0 Å². The molecule has 0 radical (unpaired) electrons. The quantitative estimate of drug-likeness (QED) is 0.487. The third-order valence-corrected chi connectivity index (χ3v) is 0.531. The van der Waals surface area contributed by atoms with E-state index < -0.39 is 5.97 Å². The number of rotatable bonds is 1. The van der Waals surface area contributed by atoms with Crippen molar-refractivity contribution < 1.29 is 9.08 Å². The fourth-order valence-corrected chi connectivity index (χ4v) is 0.213. The Kier molecular flexibility index (Phi) is 3.42. The van der Waals surface area contributed by atoms with Crippen molar-refractivity contribution in [1.29, 1.82) is 0 Å². The van der Waals surface area contributed by atoms with E-state index in [0.717, 1.165) is 0 Å². The third-order valence-electron chi connectivity index (χ3n) is 0.379. The van der Waals surface area contributed by atoms with Gasteiger partial charge in [0.2, 0.25) is 0 Å². The van der Waals surface area contributed by atoms with E-state index in [2.05, 4.69) is 16.2 Å². The van der Waals surface area contributed by atoms with Gasteiger partial charge in [0.15, 0.2) is 0 Å². The van der Waals surface area contributed by atoms with Gasteiger partial charge in [0, 0.05) is 6.08 Å². The minimum atomic E-state index is -0.538. The highest BCUT2D eigenvalue weighted by Gasteiger charge is 1.87. The van der Waals surface area contributed by atoms with E-state index >= 15 is 0 Å². The number of hydrogen-bond acceptors (Lipinski definition) is 2. The zero-order chi connectivity index (χ0) is 5.70. The Morgan fingerprint density at radius 2 is 2.43 bits per heavy atom. The molecule has 0 aliphatic rings. The Labute approximate surface area is 46.9 Å². The maximum absolute atomic E-state index is 9.97. The van der Waals surface area contributed by atoms with Crippen LogP contribution in [0.25, 0.3) is 0 Å². The fourth-order valence-electron chi connectivity index (χ4n) is 0.162. The first kappa shape index (κ1) is 6.50. The molecule has 3 heteroatoms. The first-order valence-electron chi connectivity index (χ1n) is 1.76. The highest BCUT2D eigenvalue weighted by Crippen LogP contribution is 1.82. The molecule has 0 fully saturated rings. The number of halogens is 1. The summed E-state index contributed by atoms with van der Waals surface area (Å²) < 4.78 is 3.74. The van der Waals surface area contributed by atoms with Crippen LogP contribution in [0, 0.1) is 0 Å². The number of allylic oxidation sites excluding steroid dienone is 1. The molecular weight excluding hydrogens is 115 g/mol. The zero-order valence-electron chi connectivity index (χ0n) is 3.85. The molecular formula is C4H5ClO2. The van der Waals surface area contributed by atoms with Crippen molar-refractivity contribution in [3.05, 3.63) is 12.2 Å². The Morgan fingerprint density at radius 1 is 1.86 bits per heavy atom. The van der Waals surface area contributed by atoms with Crippen LogP contribution in [0.1, 0.15) is 6.92 Å². The summed E-state index contributed by atoms with van der Waals surface area (Å²) in [7, 11) is 0. The van der Waals surface area contributed by atoms with Crippen LogP contribution < -0.4 is 0 Å². The van der Waals surface area contributed by atoms with Crippen LogP contribution in [0.2, 0.25) is 0 Å². The molecule has 0 spiro atoms. The molecule has 0 aromatic rings. The second-order valence-electron chi connectivity index (χ2n) is 0.896. The Hall–Kier alpha value is -0.500. The lowest BCUT2D eigenvalue weighted by molar-refractivity contribution is -0.128. The maximum Gasteiger partial charge on any atom is 0.348 e.